The average molecular weight is 269 g/mol. The first-order valence-electron chi connectivity index (χ1n) is 6.08. The summed E-state index contributed by atoms with van der Waals surface area (Å²) in [4.78, 5) is 11.6. The van der Waals surface area contributed by atoms with Crippen molar-refractivity contribution in [2.75, 3.05) is 24.3 Å². The fraction of sp³-hybridized carbons (Fsp3) is 0.462. The van der Waals surface area contributed by atoms with Gasteiger partial charge in [-0.25, -0.2) is 0 Å². The van der Waals surface area contributed by atoms with Gasteiger partial charge in [0, 0.05) is 11.6 Å². The molecule has 0 heterocycles. The summed E-state index contributed by atoms with van der Waals surface area (Å²) >= 11 is 5.77. The highest BCUT2D eigenvalue weighted by atomic mass is 35.5. The molecular formula is C13H17ClN2O2. The van der Waals surface area contributed by atoms with Gasteiger partial charge in [0.25, 0.3) is 0 Å². The third kappa shape index (κ3) is 4.20. The van der Waals surface area contributed by atoms with Gasteiger partial charge < -0.3 is 15.8 Å². The molecule has 1 amide bonds. The molecule has 1 aliphatic carbocycles. The molecule has 0 atom stereocenters. The minimum atomic E-state index is -0.195. The highest BCUT2D eigenvalue weighted by Crippen LogP contribution is 2.32. The molecule has 98 valence electrons. The van der Waals surface area contributed by atoms with E-state index >= 15 is 0 Å². The minimum absolute atomic E-state index is 0.0643. The van der Waals surface area contributed by atoms with Gasteiger partial charge in [-0.05, 0) is 30.5 Å². The first kappa shape index (κ1) is 13.2. The summed E-state index contributed by atoms with van der Waals surface area (Å²) in [5, 5.41) is 3.24. The number of ether oxygens (including phenoxy) is 1. The second-order valence-corrected chi connectivity index (χ2v) is 5.00. The van der Waals surface area contributed by atoms with E-state index in [2.05, 4.69) is 5.32 Å². The number of anilines is 2. The van der Waals surface area contributed by atoms with Gasteiger partial charge in [-0.3, -0.25) is 4.79 Å². The van der Waals surface area contributed by atoms with Crippen molar-refractivity contribution in [1.29, 1.82) is 0 Å². The number of benzene rings is 1. The molecule has 1 aromatic carbocycles. The van der Waals surface area contributed by atoms with Gasteiger partial charge in [-0.15, -0.1) is 0 Å². The van der Waals surface area contributed by atoms with E-state index in [4.69, 9.17) is 22.1 Å². The minimum Gasteiger partial charge on any atom is -0.397 e. The summed E-state index contributed by atoms with van der Waals surface area (Å²) in [6.45, 7) is 0.711. The summed E-state index contributed by atoms with van der Waals surface area (Å²) in [7, 11) is 0. The van der Waals surface area contributed by atoms with E-state index in [1.165, 1.54) is 12.8 Å². The van der Waals surface area contributed by atoms with Gasteiger partial charge in [-0.1, -0.05) is 24.4 Å². The van der Waals surface area contributed by atoms with Crippen molar-refractivity contribution in [2.45, 2.75) is 19.3 Å². The Kier molecular flexibility index (Phi) is 4.44. The fourth-order valence-electron chi connectivity index (χ4n) is 1.66. The molecule has 4 nitrogen and oxygen atoms in total. The largest absolute Gasteiger partial charge is 0.397 e. The number of rotatable bonds is 6. The van der Waals surface area contributed by atoms with E-state index < -0.39 is 0 Å². The number of hydrogen-bond acceptors (Lipinski definition) is 3. The zero-order chi connectivity index (χ0) is 13.0. The van der Waals surface area contributed by atoms with Crippen molar-refractivity contribution >= 4 is 28.9 Å². The average Bonchev–Trinajstić information content (AvgIpc) is 3.12. The van der Waals surface area contributed by atoms with Crippen LogP contribution in [0.5, 0.6) is 0 Å². The smallest absolute Gasteiger partial charge is 0.250 e. The Morgan fingerprint density at radius 1 is 1.50 bits per heavy atom. The highest BCUT2D eigenvalue weighted by molar-refractivity contribution is 6.31. The van der Waals surface area contributed by atoms with E-state index in [9.17, 15) is 4.79 Å². The number of carbonyl (C=O) groups excluding carboxylic acids is 1. The van der Waals surface area contributed by atoms with Crippen LogP contribution in [-0.2, 0) is 9.53 Å². The van der Waals surface area contributed by atoms with Crippen LogP contribution < -0.4 is 11.1 Å². The Morgan fingerprint density at radius 3 is 2.94 bits per heavy atom. The lowest BCUT2D eigenvalue weighted by Gasteiger charge is -2.08. The fourth-order valence-corrected chi connectivity index (χ4v) is 1.84. The maximum Gasteiger partial charge on any atom is 0.250 e. The third-order valence-electron chi connectivity index (χ3n) is 2.89. The molecule has 1 aromatic rings. The van der Waals surface area contributed by atoms with Crippen LogP contribution in [0.1, 0.15) is 19.3 Å². The van der Waals surface area contributed by atoms with E-state index in [-0.39, 0.29) is 12.5 Å². The number of amides is 1. The Labute approximate surface area is 111 Å². The molecule has 0 unspecified atom stereocenters. The lowest BCUT2D eigenvalue weighted by molar-refractivity contribution is -0.120. The van der Waals surface area contributed by atoms with Gasteiger partial charge in [-0.2, -0.15) is 0 Å². The van der Waals surface area contributed by atoms with Crippen LogP contribution in [0, 0.1) is 5.92 Å². The van der Waals surface area contributed by atoms with Crippen molar-refractivity contribution in [3.05, 3.63) is 23.2 Å². The van der Waals surface area contributed by atoms with Crippen LogP contribution in [0.4, 0.5) is 11.4 Å². The first-order valence-corrected chi connectivity index (χ1v) is 6.45. The topological polar surface area (TPSA) is 64.3 Å². The lowest BCUT2D eigenvalue weighted by Crippen LogP contribution is -2.19. The Hall–Kier alpha value is -1.26. The standard InChI is InChI=1S/C13H17ClN2O2/c14-10-3-4-12(11(15)7-10)16-13(17)8-18-6-5-9-1-2-9/h3-4,7,9H,1-2,5-6,8,15H2,(H,16,17). The molecule has 0 bridgehead atoms. The van der Waals surface area contributed by atoms with Crippen LogP contribution in [0.3, 0.4) is 0 Å². The summed E-state index contributed by atoms with van der Waals surface area (Å²) in [6, 6.07) is 4.96. The van der Waals surface area contributed by atoms with Gasteiger partial charge in [0.05, 0.1) is 11.4 Å². The predicted molar refractivity (Wildman–Crippen MR) is 72.7 cm³/mol. The molecule has 1 aliphatic rings. The summed E-state index contributed by atoms with van der Waals surface area (Å²) in [6.07, 6.45) is 3.66. The van der Waals surface area contributed by atoms with Crippen molar-refractivity contribution in [2.24, 2.45) is 5.92 Å². The highest BCUT2D eigenvalue weighted by Gasteiger charge is 2.20. The zero-order valence-electron chi connectivity index (χ0n) is 10.1. The van der Waals surface area contributed by atoms with Crippen molar-refractivity contribution < 1.29 is 9.53 Å². The van der Waals surface area contributed by atoms with Crippen LogP contribution >= 0.6 is 11.6 Å². The monoisotopic (exact) mass is 268 g/mol. The zero-order valence-corrected chi connectivity index (χ0v) is 10.9. The molecule has 2 rings (SSSR count). The van der Waals surface area contributed by atoms with Gasteiger partial charge in [0.1, 0.15) is 6.61 Å². The number of nitrogens with one attached hydrogen (secondary N) is 1. The van der Waals surface area contributed by atoms with Gasteiger partial charge in [0.15, 0.2) is 0 Å². The summed E-state index contributed by atoms with van der Waals surface area (Å²) in [5.74, 6) is 0.625. The molecular weight excluding hydrogens is 252 g/mol. The van der Waals surface area contributed by atoms with Crippen molar-refractivity contribution in [1.82, 2.24) is 0 Å². The number of carbonyl (C=O) groups is 1. The first-order chi connectivity index (χ1) is 8.65. The van der Waals surface area contributed by atoms with E-state index in [1.54, 1.807) is 18.2 Å². The van der Waals surface area contributed by atoms with E-state index in [1.807, 2.05) is 0 Å². The second-order valence-electron chi connectivity index (χ2n) is 4.56. The van der Waals surface area contributed by atoms with E-state index in [0.717, 1.165) is 12.3 Å². The molecule has 1 saturated carbocycles. The van der Waals surface area contributed by atoms with Crippen LogP contribution in [0.25, 0.3) is 0 Å². The molecule has 0 saturated heterocycles. The van der Waals surface area contributed by atoms with Crippen LogP contribution in [0.15, 0.2) is 18.2 Å². The molecule has 18 heavy (non-hydrogen) atoms. The third-order valence-corrected chi connectivity index (χ3v) is 3.12. The second kappa shape index (κ2) is 6.07. The Morgan fingerprint density at radius 2 is 2.28 bits per heavy atom. The Bertz CT molecular complexity index is 433. The van der Waals surface area contributed by atoms with Gasteiger partial charge >= 0.3 is 0 Å². The number of hydrogen-bond donors (Lipinski definition) is 2. The number of halogens is 1. The van der Waals surface area contributed by atoms with Crippen LogP contribution in [0.2, 0.25) is 5.02 Å². The molecule has 0 aromatic heterocycles. The maximum absolute atomic E-state index is 11.6. The van der Waals surface area contributed by atoms with Gasteiger partial charge in [0.2, 0.25) is 5.91 Å². The predicted octanol–water partition coefficient (Wildman–Crippen LogP) is 2.68. The number of nitrogens with two attached hydrogens (primary N) is 1. The maximum atomic E-state index is 11.6. The molecule has 0 radical (unpaired) electrons. The SMILES string of the molecule is Nc1cc(Cl)ccc1NC(=O)COCCC1CC1. The molecule has 3 N–H and O–H groups in total. The van der Waals surface area contributed by atoms with E-state index in [0.29, 0.717) is 23.0 Å². The normalized spacial score (nSPS) is 14.5. The number of nitrogen functional groups attached to an aromatic ring is 1. The van der Waals surface area contributed by atoms with Crippen molar-refractivity contribution in [3.8, 4) is 0 Å². The van der Waals surface area contributed by atoms with Crippen molar-refractivity contribution in [3.63, 3.8) is 0 Å². The quantitative estimate of drug-likeness (QED) is 0.616. The molecule has 0 spiro atoms. The Balaban J connectivity index is 1.71. The lowest BCUT2D eigenvalue weighted by atomic mass is 10.2. The molecule has 0 aliphatic heterocycles. The molecule has 5 heteroatoms. The summed E-state index contributed by atoms with van der Waals surface area (Å²) in [5.41, 5.74) is 6.75. The van der Waals surface area contributed by atoms with Crippen LogP contribution in [-0.4, -0.2) is 19.1 Å². The summed E-state index contributed by atoms with van der Waals surface area (Å²) < 4.78 is 5.30. The molecule has 1 fully saturated rings.